The molecule has 0 atom stereocenters. The third-order valence-electron chi connectivity index (χ3n) is 3.68. The van der Waals surface area contributed by atoms with Gasteiger partial charge in [-0.1, -0.05) is 12.1 Å². The van der Waals surface area contributed by atoms with Crippen LogP contribution in [0.2, 0.25) is 0 Å². The highest BCUT2D eigenvalue weighted by atomic mass is 32.2. The molecule has 0 saturated heterocycles. The molecular formula is C17H14N2O5S. The highest BCUT2D eigenvalue weighted by molar-refractivity contribution is 7.85. The van der Waals surface area contributed by atoms with Crippen molar-refractivity contribution < 1.29 is 22.9 Å². The summed E-state index contributed by atoms with van der Waals surface area (Å²) in [4.78, 5) is 11.9. The number of carbonyl (C=O) groups is 1. The predicted octanol–water partition coefficient (Wildman–Crippen LogP) is 2.63. The van der Waals surface area contributed by atoms with E-state index in [-0.39, 0.29) is 21.7 Å². The van der Waals surface area contributed by atoms with Gasteiger partial charge in [0.05, 0.1) is 10.6 Å². The second-order valence-corrected chi connectivity index (χ2v) is 6.82. The van der Waals surface area contributed by atoms with Crippen LogP contribution < -0.4 is 11.1 Å². The Hall–Kier alpha value is -3.10. The largest absolute Gasteiger partial charge is 0.505 e. The average molecular weight is 358 g/mol. The fraction of sp³-hybridized carbons (Fsp3) is 0. The zero-order valence-corrected chi connectivity index (χ0v) is 13.6. The third-order valence-corrected chi connectivity index (χ3v) is 4.53. The number of nitrogen functional groups attached to an aromatic ring is 1. The quantitative estimate of drug-likeness (QED) is 0.323. The third kappa shape index (κ3) is 3.39. The monoisotopic (exact) mass is 358 g/mol. The lowest BCUT2D eigenvalue weighted by atomic mass is 10.1. The number of fused-ring (bicyclic) bond motifs is 1. The maximum absolute atomic E-state index is 12.2. The average Bonchev–Trinajstić information content (AvgIpc) is 2.57. The van der Waals surface area contributed by atoms with E-state index < -0.39 is 16.0 Å². The predicted molar refractivity (Wildman–Crippen MR) is 94.2 cm³/mol. The molecule has 3 aromatic rings. The van der Waals surface area contributed by atoms with Gasteiger partial charge in [0.2, 0.25) is 0 Å². The van der Waals surface area contributed by atoms with Gasteiger partial charge in [-0.3, -0.25) is 9.35 Å². The van der Waals surface area contributed by atoms with Crippen LogP contribution in [0.15, 0.2) is 59.5 Å². The van der Waals surface area contributed by atoms with Crippen LogP contribution in [0.5, 0.6) is 5.75 Å². The smallest absolute Gasteiger partial charge is 0.294 e. The molecule has 0 aliphatic heterocycles. The number of benzene rings is 3. The van der Waals surface area contributed by atoms with Crippen LogP contribution in [-0.4, -0.2) is 24.0 Å². The maximum Gasteiger partial charge on any atom is 0.294 e. The molecule has 1 amide bonds. The minimum absolute atomic E-state index is 0.113. The van der Waals surface area contributed by atoms with Gasteiger partial charge in [0.15, 0.2) is 0 Å². The molecule has 3 rings (SSSR count). The van der Waals surface area contributed by atoms with Crippen molar-refractivity contribution >= 4 is 38.2 Å². The van der Waals surface area contributed by atoms with Crippen LogP contribution in [0.25, 0.3) is 10.8 Å². The first-order valence-corrected chi connectivity index (χ1v) is 8.60. The molecule has 0 radical (unpaired) electrons. The Kier molecular flexibility index (Phi) is 4.07. The number of phenols is 1. The molecule has 0 fully saturated rings. The molecule has 3 aromatic carbocycles. The van der Waals surface area contributed by atoms with E-state index in [0.717, 1.165) is 6.07 Å². The zero-order chi connectivity index (χ0) is 18.2. The number of nitrogens with one attached hydrogen (secondary N) is 1. The highest BCUT2D eigenvalue weighted by Gasteiger charge is 2.15. The number of hydrogen-bond acceptors (Lipinski definition) is 5. The van der Waals surface area contributed by atoms with Gasteiger partial charge in [-0.2, -0.15) is 8.42 Å². The van der Waals surface area contributed by atoms with Gasteiger partial charge < -0.3 is 16.2 Å². The number of anilines is 2. The van der Waals surface area contributed by atoms with Crippen molar-refractivity contribution in [2.45, 2.75) is 4.90 Å². The zero-order valence-electron chi connectivity index (χ0n) is 12.8. The van der Waals surface area contributed by atoms with Crippen molar-refractivity contribution in [3.63, 3.8) is 0 Å². The molecule has 0 bridgehead atoms. The second kappa shape index (κ2) is 6.08. The van der Waals surface area contributed by atoms with Gasteiger partial charge >= 0.3 is 0 Å². The molecule has 128 valence electrons. The molecule has 5 N–H and O–H groups in total. The number of carbonyl (C=O) groups excluding carboxylic acids is 1. The first-order valence-electron chi connectivity index (χ1n) is 7.16. The molecule has 0 unspecified atom stereocenters. The van der Waals surface area contributed by atoms with Gasteiger partial charge in [0.25, 0.3) is 16.0 Å². The van der Waals surface area contributed by atoms with Gasteiger partial charge in [-0.05, 0) is 47.9 Å². The Balaban J connectivity index is 2.00. The molecule has 0 heterocycles. The van der Waals surface area contributed by atoms with E-state index >= 15 is 0 Å². The molecule has 0 spiro atoms. The Bertz CT molecular complexity index is 1080. The molecule has 7 nitrogen and oxygen atoms in total. The standard InChI is InChI=1S/C17H14N2O5S/c18-12-5-1-11(2-6-12)17(21)19-15-8-4-10-3-7-13(25(22,23)24)9-14(10)16(15)20/h1-9,20H,18H2,(H,19,21)(H,22,23,24). The van der Waals surface area contributed by atoms with Gasteiger partial charge in [-0.25, -0.2) is 0 Å². The number of rotatable bonds is 3. The molecule has 0 aliphatic rings. The summed E-state index contributed by atoms with van der Waals surface area (Å²) in [6, 6.07) is 13.2. The maximum atomic E-state index is 12.2. The second-order valence-electron chi connectivity index (χ2n) is 5.40. The summed E-state index contributed by atoms with van der Waals surface area (Å²) in [5, 5.41) is 13.7. The van der Waals surface area contributed by atoms with Crippen LogP contribution in [0.1, 0.15) is 10.4 Å². The minimum atomic E-state index is -4.40. The van der Waals surface area contributed by atoms with Crippen molar-refractivity contribution in [1.82, 2.24) is 0 Å². The van der Waals surface area contributed by atoms with Gasteiger partial charge in [0.1, 0.15) is 5.75 Å². The lowest BCUT2D eigenvalue weighted by molar-refractivity contribution is 0.102. The highest BCUT2D eigenvalue weighted by Crippen LogP contribution is 2.34. The van der Waals surface area contributed by atoms with Crippen LogP contribution in [-0.2, 0) is 10.1 Å². The number of amides is 1. The molecule has 0 aliphatic carbocycles. The topological polar surface area (TPSA) is 130 Å². The summed E-state index contributed by atoms with van der Waals surface area (Å²) < 4.78 is 31.6. The number of aromatic hydroxyl groups is 1. The summed E-state index contributed by atoms with van der Waals surface area (Å²) in [6.07, 6.45) is 0. The first-order chi connectivity index (χ1) is 11.8. The summed E-state index contributed by atoms with van der Waals surface area (Å²) in [6.45, 7) is 0. The van der Waals surface area contributed by atoms with E-state index in [9.17, 15) is 18.3 Å². The minimum Gasteiger partial charge on any atom is -0.505 e. The fourth-order valence-electron chi connectivity index (χ4n) is 2.37. The van der Waals surface area contributed by atoms with E-state index in [0.29, 0.717) is 16.6 Å². The van der Waals surface area contributed by atoms with E-state index in [1.807, 2.05) is 0 Å². The lowest BCUT2D eigenvalue weighted by Crippen LogP contribution is -2.12. The lowest BCUT2D eigenvalue weighted by Gasteiger charge is -2.10. The van der Waals surface area contributed by atoms with Gasteiger partial charge in [0, 0.05) is 16.6 Å². The number of nitrogens with two attached hydrogens (primary N) is 1. The van der Waals surface area contributed by atoms with E-state index in [1.165, 1.54) is 18.2 Å². The van der Waals surface area contributed by atoms with Crippen molar-refractivity contribution in [2.24, 2.45) is 0 Å². The molecular weight excluding hydrogens is 344 g/mol. The Labute approximate surface area is 143 Å². The summed E-state index contributed by atoms with van der Waals surface area (Å²) in [7, 11) is -4.40. The SMILES string of the molecule is Nc1ccc(C(=O)Nc2ccc3ccc(S(=O)(=O)O)cc3c2O)cc1. The van der Waals surface area contributed by atoms with Crippen LogP contribution in [0, 0.1) is 0 Å². The van der Waals surface area contributed by atoms with E-state index in [2.05, 4.69) is 5.32 Å². The molecule has 0 saturated carbocycles. The molecule has 0 aromatic heterocycles. The Morgan fingerprint density at radius 1 is 1.00 bits per heavy atom. The number of phenolic OH excluding ortho intramolecular Hbond substituents is 1. The molecule has 25 heavy (non-hydrogen) atoms. The number of hydrogen-bond donors (Lipinski definition) is 4. The van der Waals surface area contributed by atoms with Crippen molar-refractivity contribution in [3.05, 3.63) is 60.2 Å². The van der Waals surface area contributed by atoms with E-state index in [1.54, 1.807) is 30.3 Å². The summed E-state index contributed by atoms with van der Waals surface area (Å²) in [5.41, 5.74) is 6.55. The Morgan fingerprint density at radius 2 is 1.64 bits per heavy atom. The van der Waals surface area contributed by atoms with Crippen molar-refractivity contribution in [1.29, 1.82) is 0 Å². The van der Waals surface area contributed by atoms with Crippen LogP contribution in [0.3, 0.4) is 0 Å². The van der Waals surface area contributed by atoms with Crippen molar-refractivity contribution in [3.8, 4) is 5.75 Å². The van der Waals surface area contributed by atoms with Crippen LogP contribution in [0.4, 0.5) is 11.4 Å². The summed E-state index contributed by atoms with van der Waals surface area (Å²) in [5.74, 6) is -0.757. The fourth-order valence-corrected chi connectivity index (χ4v) is 2.88. The van der Waals surface area contributed by atoms with E-state index in [4.69, 9.17) is 10.3 Å². The summed E-state index contributed by atoms with van der Waals surface area (Å²) >= 11 is 0. The normalized spacial score (nSPS) is 11.4. The molecule has 8 heteroatoms. The van der Waals surface area contributed by atoms with Crippen molar-refractivity contribution in [2.75, 3.05) is 11.1 Å². The van der Waals surface area contributed by atoms with Gasteiger partial charge in [-0.15, -0.1) is 0 Å². The Morgan fingerprint density at radius 3 is 2.28 bits per heavy atom. The van der Waals surface area contributed by atoms with Crippen LogP contribution >= 0.6 is 0 Å². The first kappa shape index (κ1) is 16.7.